The maximum atomic E-state index is 5.65. The highest BCUT2D eigenvalue weighted by Crippen LogP contribution is 2.22. The highest BCUT2D eigenvalue weighted by atomic mass is 79.9. The molecule has 0 aliphatic heterocycles. The highest BCUT2D eigenvalue weighted by molar-refractivity contribution is 9.10. The van der Waals surface area contributed by atoms with Crippen molar-refractivity contribution < 1.29 is 9.47 Å². The number of rotatable bonds is 6. The second-order valence-corrected chi connectivity index (χ2v) is 5.88. The van der Waals surface area contributed by atoms with Crippen molar-refractivity contribution in [1.82, 2.24) is 0 Å². The Bertz CT molecular complexity index is 576. The smallest absolute Gasteiger partial charge is 0.122 e. The van der Waals surface area contributed by atoms with Crippen LogP contribution in [-0.2, 0) is 6.54 Å². The van der Waals surface area contributed by atoms with Gasteiger partial charge < -0.3 is 15.2 Å². The van der Waals surface area contributed by atoms with Crippen LogP contribution >= 0.6 is 31.9 Å². The maximum Gasteiger partial charge on any atom is 0.122 e. The molecule has 106 valence electrons. The standard InChI is InChI=1S/C15H15Br2NO2/c16-12-2-1-3-13(9-12)19-6-7-20-14-4-5-15(17)11(8-14)10-18/h1-5,8-9H,6-7,10,18H2. The minimum atomic E-state index is 0.478. The molecule has 0 bridgehead atoms. The van der Waals surface area contributed by atoms with Crippen LogP contribution in [0, 0.1) is 0 Å². The van der Waals surface area contributed by atoms with Gasteiger partial charge in [0, 0.05) is 15.5 Å². The molecule has 0 heterocycles. The van der Waals surface area contributed by atoms with E-state index in [1.807, 2.05) is 42.5 Å². The number of benzene rings is 2. The number of ether oxygens (including phenoxy) is 2. The quantitative estimate of drug-likeness (QED) is 0.741. The fourth-order valence-electron chi connectivity index (χ4n) is 1.67. The van der Waals surface area contributed by atoms with E-state index >= 15 is 0 Å². The Hall–Kier alpha value is -1.04. The molecule has 5 heteroatoms. The van der Waals surface area contributed by atoms with Gasteiger partial charge in [0.15, 0.2) is 0 Å². The van der Waals surface area contributed by atoms with E-state index in [-0.39, 0.29) is 0 Å². The summed E-state index contributed by atoms with van der Waals surface area (Å²) in [5, 5.41) is 0. The Morgan fingerprint density at radius 2 is 1.60 bits per heavy atom. The summed E-state index contributed by atoms with van der Waals surface area (Å²) in [6.45, 7) is 1.45. The SMILES string of the molecule is NCc1cc(OCCOc2cccc(Br)c2)ccc1Br. The average molecular weight is 401 g/mol. The first-order valence-electron chi connectivity index (χ1n) is 6.18. The molecule has 0 saturated heterocycles. The topological polar surface area (TPSA) is 44.5 Å². The fourth-order valence-corrected chi connectivity index (χ4v) is 2.46. The van der Waals surface area contributed by atoms with Gasteiger partial charge in [0.1, 0.15) is 24.7 Å². The molecule has 2 aromatic carbocycles. The van der Waals surface area contributed by atoms with Gasteiger partial charge in [-0.1, -0.05) is 37.9 Å². The molecule has 0 spiro atoms. The van der Waals surface area contributed by atoms with E-state index in [4.69, 9.17) is 15.2 Å². The van der Waals surface area contributed by atoms with E-state index in [2.05, 4.69) is 31.9 Å². The third-order valence-electron chi connectivity index (χ3n) is 2.65. The van der Waals surface area contributed by atoms with E-state index in [0.29, 0.717) is 19.8 Å². The lowest BCUT2D eigenvalue weighted by Gasteiger charge is -2.10. The monoisotopic (exact) mass is 399 g/mol. The van der Waals surface area contributed by atoms with Crippen LogP contribution in [0.2, 0.25) is 0 Å². The largest absolute Gasteiger partial charge is 0.490 e. The molecule has 2 rings (SSSR count). The van der Waals surface area contributed by atoms with Crippen molar-refractivity contribution >= 4 is 31.9 Å². The predicted octanol–water partition coefficient (Wildman–Crippen LogP) is 4.13. The molecule has 3 nitrogen and oxygen atoms in total. The van der Waals surface area contributed by atoms with Crippen LogP contribution in [0.3, 0.4) is 0 Å². The average Bonchev–Trinajstić information content (AvgIpc) is 2.45. The van der Waals surface area contributed by atoms with Crippen LogP contribution in [0.1, 0.15) is 5.56 Å². The van der Waals surface area contributed by atoms with Crippen LogP contribution in [0.4, 0.5) is 0 Å². The molecule has 20 heavy (non-hydrogen) atoms. The first-order chi connectivity index (χ1) is 9.69. The van der Waals surface area contributed by atoms with Crippen molar-refractivity contribution in [2.75, 3.05) is 13.2 Å². The van der Waals surface area contributed by atoms with Crippen LogP contribution in [0.5, 0.6) is 11.5 Å². The van der Waals surface area contributed by atoms with Crippen molar-refractivity contribution in [3.8, 4) is 11.5 Å². The van der Waals surface area contributed by atoms with Crippen LogP contribution in [0.15, 0.2) is 51.4 Å². The Morgan fingerprint density at radius 3 is 2.25 bits per heavy atom. The molecule has 0 aliphatic carbocycles. The van der Waals surface area contributed by atoms with Gasteiger partial charge in [-0.2, -0.15) is 0 Å². The molecular weight excluding hydrogens is 386 g/mol. The van der Waals surface area contributed by atoms with E-state index in [1.54, 1.807) is 0 Å². The summed E-state index contributed by atoms with van der Waals surface area (Å²) in [7, 11) is 0. The second kappa shape index (κ2) is 7.67. The van der Waals surface area contributed by atoms with E-state index in [9.17, 15) is 0 Å². The van der Waals surface area contributed by atoms with Gasteiger partial charge in [0.2, 0.25) is 0 Å². The summed E-state index contributed by atoms with van der Waals surface area (Å²) >= 11 is 6.85. The van der Waals surface area contributed by atoms with Crippen molar-refractivity contribution in [3.05, 3.63) is 57.0 Å². The summed E-state index contributed by atoms with van der Waals surface area (Å²) in [6, 6.07) is 13.5. The van der Waals surface area contributed by atoms with Gasteiger partial charge in [-0.05, 0) is 42.0 Å². The Kier molecular flexibility index (Phi) is 5.88. The van der Waals surface area contributed by atoms with Crippen LogP contribution < -0.4 is 15.2 Å². The number of nitrogens with two attached hydrogens (primary N) is 1. The van der Waals surface area contributed by atoms with Crippen LogP contribution in [0.25, 0.3) is 0 Å². The summed E-state index contributed by atoms with van der Waals surface area (Å²) in [5.41, 5.74) is 6.67. The van der Waals surface area contributed by atoms with Crippen LogP contribution in [-0.4, -0.2) is 13.2 Å². The van der Waals surface area contributed by atoms with Crippen molar-refractivity contribution in [3.63, 3.8) is 0 Å². The van der Waals surface area contributed by atoms with E-state index in [0.717, 1.165) is 26.0 Å². The van der Waals surface area contributed by atoms with Crippen molar-refractivity contribution in [2.24, 2.45) is 5.73 Å². The van der Waals surface area contributed by atoms with Gasteiger partial charge >= 0.3 is 0 Å². The molecular formula is C15H15Br2NO2. The zero-order valence-corrected chi connectivity index (χ0v) is 14.0. The minimum Gasteiger partial charge on any atom is -0.490 e. The van der Waals surface area contributed by atoms with Gasteiger partial charge in [0.25, 0.3) is 0 Å². The molecule has 0 radical (unpaired) electrons. The molecule has 0 atom stereocenters. The molecule has 2 aromatic rings. The predicted molar refractivity (Wildman–Crippen MR) is 87.2 cm³/mol. The van der Waals surface area contributed by atoms with Gasteiger partial charge in [-0.25, -0.2) is 0 Å². The molecule has 0 amide bonds. The number of hydrogen-bond acceptors (Lipinski definition) is 3. The summed E-state index contributed by atoms with van der Waals surface area (Å²) in [6.07, 6.45) is 0. The molecule has 2 N–H and O–H groups in total. The highest BCUT2D eigenvalue weighted by Gasteiger charge is 2.01. The lowest BCUT2D eigenvalue weighted by Crippen LogP contribution is -2.09. The second-order valence-electron chi connectivity index (χ2n) is 4.11. The van der Waals surface area contributed by atoms with Gasteiger partial charge in [-0.15, -0.1) is 0 Å². The first kappa shape index (κ1) is 15.4. The minimum absolute atomic E-state index is 0.478. The molecule has 0 saturated carbocycles. The summed E-state index contributed by atoms with van der Waals surface area (Å²) < 4.78 is 13.2. The fraction of sp³-hybridized carbons (Fsp3) is 0.200. The molecule has 0 fully saturated rings. The number of hydrogen-bond donors (Lipinski definition) is 1. The Labute approximate surface area is 135 Å². The van der Waals surface area contributed by atoms with Crippen molar-refractivity contribution in [1.29, 1.82) is 0 Å². The summed E-state index contributed by atoms with van der Waals surface area (Å²) in [5.74, 6) is 1.62. The third kappa shape index (κ3) is 4.51. The molecule has 0 aliphatic rings. The zero-order valence-electron chi connectivity index (χ0n) is 10.8. The lowest BCUT2D eigenvalue weighted by molar-refractivity contribution is 0.217. The Balaban J connectivity index is 1.81. The summed E-state index contributed by atoms with van der Waals surface area (Å²) in [4.78, 5) is 0. The first-order valence-corrected chi connectivity index (χ1v) is 7.77. The van der Waals surface area contributed by atoms with E-state index in [1.165, 1.54) is 0 Å². The zero-order chi connectivity index (χ0) is 14.4. The Morgan fingerprint density at radius 1 is 0.900 bits per heavy atom. The number of halogens is 2. The van der Waals surface area contributed by atoms with Gasteiger partial charge in [-0.3, -0.25) is 0 Å². The van der Waals surface area contributed by atoms with E-state index < -0.39 is 0 Å². The normalized spacial score (nSPS) is 10.3. The third-order valence-corrected chi connectivity index (χ3v) is 3.92. The van der Waals surface area contributed by atoms with Crippen molar-refractivity contribution in [2.45, 2.75) is 6.54 Å². The van der Waals surface area contributed by atoms with Gasteiger partial charge in [0.05, 0.1) is 0 Å². The molecule has 0 unspecified atom stereocenters. The lowest BCUT2D eigenvalue weighted by atomic mass is 10.2. The maximum absolute atomic E-state index is 5.65. The molecule has 0 aromatic heterocycles.